The van der Waals surface area contributed by atoms with Crippen molar-refractivity contribution in [2.75, 3.05) is 13.6 Å². The second kappa shape index (κ2) is 6.76. The lowest BCUT2D eigenvalue weighted by Crippen LogP contribution is -2.33. The summed E-state index contributed by atoms with van der Waals surface area (Å²) < 4.78 is 0. The van der Waals surface area contributed by atoms with Gasteiger partial charge in [0.15, 0.2) is 0 Å². The van der Waals surface area contributed by atoms with Crippen LogP contribution in [-0.4, -0.2) is 25.4 Å². The molecule has 0 aliphatic heterocycles. The Labute approximate surface area is 107 Å². The summed E-state index contributed by atoms with van der Waals surface area (Å²) in [5.41, 5.74) is 6.50. The van der Waals surface area contributed by atoms with Crippen molar-refractivity contribution in [1.29, 1.82) is 0 Å². The van der Waals surface area contributed by atoms with Crippen molar-refractivity contribution >= 4 is 11.8 Å². The van der Waals surface area contributed by atoms with Crippen LogP contribution in [0.15, 0.2) is 24.3 Å². The molecule has 1 aromatic carbocycles. The molecule has 5 nitrogen and oxygen atoms in total. The van der Waals surface area contributed by atoms with E-state index in [1.165, 1.54) is 0 Å². The Morgan fingerprint density at radius 1 is 1.39 bits per heavy atom. The zero-order valence-corrected chi connectivity index (χ0v) is 10.7. The maximum atomic E-state index is 11.7. The van der Waals surface area contributed by atoms with Crippen molar-refractivity contribution in [2.24, 2.45) is 11.7 Å². The van der Waals surface area contributed by atoms with Gasteiger partial charge in [-0.3, -0.25) is 9.59 Å². The SMILES string of the molecule is CNCC(C)C(=O)NCc1cccc(C(N)=O)c1. The molecule has 18 heavy (non-hydrogen) atoms. The lowest BCUT2D eigenvalue weighted by atomic mass is 10.1. The van der Waals surface area contributed by atoms with Crippen LogP contribution in [0, 0.1) is 5.92 Å². The van der Waals surface area contributed by atoms with Gasteiger partial charge in [-0.2, -0.15) is 0 Å². The van der Waals surface area contributed by atoms with E-state index in [-0.39, 0.29) is 11.8 Å². The van der Waals surface area contributed by atoms with E-state index >= 15 is 0 Å². The summed E-state index contributed by atoms with van der Waals surface area (Å²) in [5.74, 6) is -0.574. The van der Waals surface area contributed by atoms with Crippen LogP contribution in [0.5, 0.6) is 0 Å². The van der Waals surface area contributed by atoms with Gasteiger partial charge in [0.05, 0.1) is 0 Å². The summed E-state index contributed by atoms with van der Waals surface area (Å²) in [6.07, 6.45) is 0. The number of benzene rings is 1. The van der Waals surface area contributed by atoms with Crippen molar-refractivity contribution in [3.8, 4) is 0 Å². The first-order valence-electron chi connectivity index (χ1n) is 5.85. The number of hydrogen-bond donors (Lipinski definition) is 3. The number of nitrogens with two attached hydrogens (primary N) is 1. The van der Waals surface area contributed by atoms with Crippen molar-refractivity contribution in [2.45, 2.75) is 13.5 Å². The first-order chi connectivity index (χ1) is 8.54. The van der Waals surface area contributed by atoms with Crippen molar-refractivity contribution in [1.82, 2.24) is 10.6 Å². The van der Waals surface area contributed by atoms with Crippen LogP contribution in [0.2, 0.25) is 0 Å². The highest BCUT2D eigenvalue weighted by molar-refractivity contribution is 5.92. The number of carbonyl (C=O) groups excluding carboxylic acids is 2. The zero-order chi connectivity index (χ0) is 13.5. The summed E-state index contributed by atoms with van der Waals surface area (Å²) in [6, 6.07) is 6.93. The van der Waals surface area contributed by atoms with Crippen molar-refractivity contribution in [3.05, 3.63) is 35.4 Å². The van der Waals surface area contributed by atoms with Crippen LogP contribution >= 0.6 is 0 Å². The number of primary amides is 1. The summed E-state index contributed by atoms with van der Waals surface area (Å²) >= 11 is 0. The minimum atomic E-state index is -0.466. The fourth-order valence-electron chi connectivity index (χ4n) is 1.60. The van der Waals surface area contributed by atoms with E-state index in [1.54, 1.807) is 25.2 Å². The van der Waals surface area contributed by atoms with Gasteiger partial charge in [0, 0.05) is 24.6 Å². The largest absolute Gasteiger partial charge is 0.366 e. The molecule has 0 aliphatic rings. The van der Waals surface area contributed by atoms with Crippen LogP contribution in [0.3, 0.4) is 0 Å². The average Bonchev–Trinajstić information content (AvgIpc) is 2.36. The van der Waals surface area contributed by atoms with Gasteiger partial charge in [-0.15, -0.1) is 0 Å². The van der Waals surface area contributed by atoms with Crippen LogP contribution in [0.4, 0.5) is 0 Å². The normalized spacial score (nSPS) is 11.9. The lowest BCUT2D eigenvalue weighted by molar-refractivity contribution is -0.124. The summed E-state index contributed by atoms with van der Waals surface area (Å²) in [7, 11) is 1.81. The highest BCUT2D eigenvalue weighted by Crippen LogP contribution is 2.05. The standard InChI is InChI=1S/C13H19N3O2/c1-9(7-15-2)13(18)16-8-10-4-3-5-11(6-10)12(14)17/h3-6,9,15H,7-8H2,1-2H3,(H2,14,17)(H,16,18). The molecule has 0 fully saturated rings. The van der Waals surface area contributed by atoms with E-state index in [2.05, 4.69) is 10.6 Å². The molecule has 5 heteroatoms. The van der Waals surface area contributed by atoms with Crippen LogP contribution in [0.25, 0.3) is 0 Å². The molecule has 0 aliphatic carbocycles. The third-order valence-corrected chi connectivity index (χ3v) is 2.64. The molecule has 0 bridgehead atoms. The molecule has 2 amide bonds. The number of hydrogen-bond acceptors (Lipinski definition) is 3. The molecule has 1 atom stereocenters. The quantitative estimate of drug-likeness (QED) is 0.676. The van der Waals surface area contributed by atoms with E-state index in [0.717, 1.165) is 5.56 Å². The van der Waals surface area contributed by atoms with Gasteiger partial charge >= 0.3 is 0 Å². The van der Waals surface area contributed by atoms with E-state index in [4.69, 9.17) is 5.73 Å². The molecule has 1 rings (SSSR count). The summed E-state index contributed by atoms with van der Waals surface area (Å²) in [5, 5.41) is 5.77. The van der Waals surface area contributed by atoms with Crippen LogP contribution in [0.1, 0.15) is 22.8 Å². The molecule has 0 spiro atoms. The zero-order valence-electron chi connectivity index (χ0n) is 10.7. The molecule has 1 aromatic rings. The van der Waals surface area contributed by atoms with Gasteiger partial charge in [-0.05, 0) is 24.7 Å². The Kier molecular flexibility index (Phi) is 5.32. The Bertz CT molecular complexity index is 432. The maximum absolute atomic E-state index is 11.7. The van der Waals surface area contributed by atoms with Gasteiger partial charge in [0.1, 0.15) is 0 Å². The maximum Gasteiger partial charge on any atom is 0.248 e. The van der Waals surface area contributed by atoms with Crippen molar-refractivity contribution in [3.63, 3.8) is 0 Å². The topological polar surface area (TPSA) is 84.2 Å². The van der Waals surface area contributed by atoms with Crippen molar-refractivity contribution < 1.29 is 9.59 Å². The Morgan fingerprint density at radius 3 is 2.72 bits per heavy atom. The third kappa shape index (κ3) is 4.18. The molecule has 0 saturated heterocycles. The Balaban J connectivity index is 2.55. The lowest BCUT2D eigenvalue weighted by Gasteiger charge is -2.11. The molecular formula is C13H19N3O2. The Hall–Kier alpha value is -1.88. The fourth-order valence-corrected chi connectivity index (χ4v) is 1.60. The highest BCUT2D eigenvalue weighted by atomic mass is 16.2. The second-order valence-corrected chi connectivity index (χ2v) is 4.24. The molecule has 1 unspecified atom stereocenters. The molecular weight excluding hydrogens is 230 g/mol. The van der Waals surface area contributed by atoms with E-state index < -0.39 is 5.91 Å². The minimum Gasteiger partial charge on any atom is -0.366 e. The molecule has 0 radical (unpaired) electrons. The minimum absolute atomic E-state index is 0.0196. The molecule has 0 saturated carbocycles. The smallest absolute Gasteiger partial charge is 0.248 e. The van der Waals surface area contributed by atoms with Gasteiger partial charge in [0.2, 0.25) is 11.8 Å². The number of carbonyl (C=O) groups is 2. The molecule has 98 valence electrons. The predicted molar refractivity (Wildman–Crippen MR) is 69.9 cm³/mol. The first-order valence-corrected chi connectivity index (χ1v) is 5.85. The van der Waals surface area contributed by atoms with Crippen LogP contribution in [-0.2, 0) is 11.3 Å². The monoisotopic (exact) mass is 249 g/mol. The van der Waals surface area contributed by atoms with E-state index in [0.29, 0.717) is 18.7 Å². The van der Waals surface area contributed by atoms with E-state index in [1.807, 2.05) is 13.0 Å². The highest BCUT2D eigenvalue weighted by Gasteiger charge is 2.11. The third-order valence-electron chi connectivity index (χ3n) is 2.64. The Morgan fingerprint density at radius 2 is 2.11 bits per heavy atom. The van der Waals surface area contributed by atoms with E-state index in [9.17, 15) is 9.59 Å². The molecule has 0 aromatic heterocycles. The van der Waals surface area contributed by atoms with Gasteiger partial charge in [-0.1, -0.05) is 19.1 Å². The van der Waals surface area contributed by atoms with Crippen LogP contribution < -0.4 is 16.4 Å². The summed E-state index contributed by atoms with van der Waals surface area (Å²) in [6.45, 7) is 2.88. The van der Waals surface area contributed by atoms with Gasteiger partial charge < -0.3 is 16.4 Å². The number of nitrogens with one attached hydrogen (secondary N) is 2. The average molecular weight is 249 g/mol. The molecule has 4 N–H and O–H groups in total. The summed E-state index contributed by atoms with van der Waals surface area (Å²) in [4.78, 5) is 22.7. The predicted octanol–water partition coefficient (Wildman–Crippen LogP) is 0.257. The number of amides is 2. The first kappa shape index (κ1) is 14.2. The fraction of sp³-hybridized carbons (Fsp3) is 0.385. The molecule has 0 heterocycles. The second-order valence-electron chi connectivity index (χ2n) is 4.24. The van der Waals surface area contributed by atoms with Gasteiger partial charge in [-0.25, -0.2) is 0 Å². The number of rotatable bonds is 6. The van der Waals surface area contributed by atoms with Gasteiger partial charge in [0.25, 0.3) is 0 Å².